The van der Waals surface area contributed by atoms with Gasteiger partial charge in [0.15, 0.2) is 0 Å². The van der Waals surface area contributed by atoms with E-state index in [-0.39, 0.29) is 11.8 Å². The van der Waals surface area contributed by atoms with Crippen LogP contribution in [-0.2, 0) is 9.59 Å². The van der Waals surface area contributed by atoms with Gasteiger partial charge in [-0.1, -0.05) is 38.5 Å². The van der Waals surface area contributed by atoms with Gasteiger partial charge in [0, 0.05) is 0 Å². The smallest absolute Gasteiger partial charge is 0.224 e. The Bertz CT molecular complexity index is 306. The maximum Gasteiger partial charge on any atom is 0.224 e. The van der Waals surface area contributed by atoms with Crippen LogP contribution in [0.3, 0.4) is 0 Å². The minimum Gasteiger partial charge on any atom is -0.369 e. The summed E-state index contributed by atoms with van der Waals surface area (Å²) in [5.41, 5.74) is 10.1. The molecule has 0 aliphatic heterocycles. The van der Waals surface area contributed by atoms with Crippen LogP contribution in [-0.4, -0.2) is 11.8 Å². The maximum atomic E-state index is 12.1. The van der Waals surface area contributed by atoms with Crippen LogP contribution in [0.4, 0.5) is 0 Å². The van der Waals surface area contributed by atoms with E-state index in [9.17, 15) is 9.59 Å². The molecule has 4 N–H and O–H groups in total. The summed E-state index contributed by atoms with van der Waals surface area (Å²) in [6.07, 6.45) is 9.16. The van der Waals surface area contributed by atoms with E-state index in [4.69, 9.17) is 11.5 Å². The van der Waals surface area contributed by atoms with Gasteiger partial charge in [0.1, 0.15) is 0 Å². The highest BCUT2D eigenvalue weighted by atomic mass is 16.2. The number of hydrogen-bond donors (Lipinski definition) is 2. The molecule has 0 aromatic carbocycles. The molecule has 0 aromatic rings. The zero-order chi connectivity index (χ0) is 13.2. The first kappa shape index (κ1) is 13.4. The standard InChI is InChI=1S/C14H24N2O2/c15-11(17)13(7-3-1-4-8-13)14(12(16)18)9-5-2-6-10-14/h1-10H2,(H2,15,17)(H2,16,18). The van der Waals surface area contributed by atoms with Crippen LogP contribution in [0.15, 0.2) is 0 Å². The third kappa shape index (κ3) is 1.82. The van der Waals surface area contributed by atoms with E-state index in [0.717, 1.165) is 64.2 Å². The highest BCUT2D eigenvalue weighted by Crippen LogP contribution is 2.56. The van der Waals surface area contributed by atoms with Crippen LogP contribution in [0, 0.1) is 10.8 Å². The lowest BCUT2D eigenvalue weighted by atomic mass is 9.51. The molecule has 0 unspecified atom stereocenters. The van der Waals surface area contributed by atoms with E-state index >= 15 is 0 Å². The SMILES string of the molecule is NC(=O)C1(C2(C(N)=O)CCCCC2)CCCCC1. The Kier molecular flexibility index (Phi) is 3.64. The van der Waals surface area contributed by atoms with Gasteiger partial charge >= 0.3 is 0 Å². The molecule has 0 radical (unpaired) electrons. The molecule has 4 nitrogen and oxygen atoms in total. The molecule has 0 atom stereocenters. The van der Waals surface area contributed by atoms with E-state index < -0.39 is 10.8 Å². The number of carbonyl (C=O) groups is 2. The van der Waals surface area contributed by atoms with E-state index in [2.05, 4.69) is 0 Å². The van der Waals surface area contributed by atoms with Gasteiger partial charge in [-0.05, 0) is 25.7 Å². The second kappa shape index (κ2) is 4.90. The van der Waals surface area contributed by atoms with Crippen molar-refractivity contribution in [1.29, 1.82) is 0 Å². The zero-order valence-corrected chi connectivity index (χ0v) is 11.0. The summed E-state index contributed by atoms with van der Waals surface area (Å²) in [4.78, 5) is 24.2. The predicted molar refractivity (Wildman–Crippen MR) is 69.4 cm³/mol. The third-order valence-electron chi connectivity index (χ3n) is 5.27. The molecule has 2 aliphatic rings. The van der Waals surface area contributed by atoms with Crippen LogP contribution in [0.1, 0.15) is 64.2 Å². The molecule has 0 aromatic heterocycles. The molecule has 2 saturated carbocycles. The highest BCUT2D eigenvalue weighted by Gasteiger charge is 2.58. The van der Waals surface area contributed by atoms with Gasteiger partial charge in [-0.2, -0.15) is 0 Å². The molecule has 2 fully saturated rings. The van der Waals surface area contributed by atoms with Crippen LogP contribution in [0.2, 0.25) is 0 Å². The Morgan fingerprint density at radius 2 is 0.889 bits per heavy atom. The molecule has 4 heteroatoms. The van der Waals surface area contributed by atoms with E-state index in [1.807, 2.05) is 0 Å². The van der Waals surface area contributed by atoms with Crippen molar-refractivity contribution >= 4 is 11.8 Å². The lowest BCUT2D eigenvalue weighted by Crippen LogP contribution is -2.58. The number of nitrogens with two attached hydrogens (primary N) is 2. The number of hydrogen-bond acceptors (Lipinski definition) is 2. The van der Waals surface area contributed by atoms with Crippen molar-refractivity contribution in [3.05, 3.63) is 0 Å². The average molecular weight is 252 g/mol. The van der Waals surface area contributed by atoms with Crippen LogP contribution in [0.5, 0.6) is 0 Å². The monoisotopic (exact) mass is 252 g/mol. The first-order chi connectivity index (χ1) is 8.55. The number of amides is 2. The van der Waals surface area contributed by atoms with Gasteiger partial charge in [0.2, 0.25) is 11.8 Å². The Hall–Kier alpha value is -1.06. The van der Waals surface area contributed by atoms with Crippen molar-refractivity contribution in [1.82, 2.24) is 0 Å². The Balaban J connectivity index is 2.42. The van der Waals surface area contributed by atoms with E-state index in [1.165, 1.54) is 0 Å². The maximum absolute atomic E-state index is 12.1. The fourth-order valence-corrected chi connectivity index (χ4v) is 4.23. The summed E-state index contributed by atoms with van der Waals surface area (Å²) in [7, 11) is 0. The van der Waals surface area contributed by atoms with Crippen LogP contribution in [0.25, 0.3) is 0 Å². The molecule has 0 spiro atoms. The molecule has 102 valence electrons. The van der Waals surface area contributed by atoms with Crippen LogP contribution < -0.4 is 11.5 Å². The molecular formula is C14H24N2O2. The second-order valence-corrected chi connectivity index (χ2v) is 6.01. The zero-order valence-electron chi connectivity index (χ0n) is 11.0. The third-order valence-corrected chi connectivity index (χ3v) is 5.27. The number of primary amides is 2. The van der Waals surface area contributed by atoms with Gasteiger partial charge in [-0.3, -0.25) is 9.59 Å². The minimum absolute atomic E-state index is 0.303. The Labute approximate surface area is 108 Å². The first-order valence-electron chi connectivity index (χ1n) is 7.15. The molecule has 2 rings (SSSR count). The van der Waals surface area contributed by atoms with Gasteiger partial charge in [0.25, 0.3) is 0 Å². The summed E-state index contributed by atoms with van der Waals surface area (Å²) >= 11 is 0. The van der Waals surface area contributed by atoms with Crippen molar-refractivity contribution in [2.24, 2.45) is 22.3 Å². The molecule has 2 aliphatic carbocycles. The number of carbonyl (C=O) groups excluding carboxylic acids is 2. The lowest BCUT2D eigenvalue weighted by molar-refractivity contribution is -0.156. The fourth-order valence-electron chi connectivity index (χ4n) is 4.23. The number of rotatable bonds is 3. The van der Waals surface area contributed by atoms with E-state index in [1.54, 1.807) is 0 Å². The lowest BCUT2D eigenvalue weighted by Gasteiger charge is -2.50. The largest absolute Gasteiger partial charge is 0.369 e. The van der Waals surface area contributed by atoms with Crippen molar-refractivity contribution in [3.8, 4) is 0 Å². The molecule has 0 heterocycles. The van der Waals surface area contributed by atoms with Gasteiger partial charge in [-0.25, -0.2) is 0 Å². The van der Waals surface area contributed by atoms with Crippen LogP contribution >= 0.6 is 0 Å². The quantitative estimate of drug-likeness (QED) is 0.803. The highest BCUT2D eigenvalue weighted by molar-refractivity contribution is 5.92. The minimum atomic E-state index is -0.669. The summed E-state index contributed by atoms with van der Waals surface area (Å²) in [5, 5.41) is 0. The molecule has 18 heavy (non-hydrogen) atoms. The summed E-state index contributed by atoms with van der Waals surface area (Å²) in [6.45, 7) is 0. The average Bonchev–Trinajstić information content (AvgIpc) is 2.40. The van der Waals surface area contributed by atoms with Gasteiger partial charge < -0.3 is 11.5 Å². The fraction of sp³-hybridized carbons (Fsp3) is 0.857. The van der Waals surface area contributed by atoms with Crippen molar-refractivity contribution in [2.75, 3.05) is 0 Å². The van der Waals surface area contributed by atoms with Crippen molar-refractivity contribution in [3.63, 3.8) is 0 Å². The summed E-state index contributed by atoms with van der Waals surface area (Å²) < 4.78 is 0. The summed E-state index contributed by atoms with van der Waals surface area (Å²) in [6, 6.07) is 0. The first-order valence-corrected chi connectivity index (χ1v) is 7.15. The molecule has 0 bridgehead atoms. The molecule has 2 amide bonds. The Morgan fingerprint density at radius 3 is 1.11 bits per heavy atom. The van der Waals surface area contributed by atoms with E-state index in [0.29, 0.717) is 0 Å². The normalized spacial score (nSPS) is 26.4. The van der Waals surface area contributed by atoms with Gasteiger partial charge in [-0.15, -0.1) is 0 Å². The summed E-state index contributed by atoms with van der Waals surface area (Å²) in [5.74, 6) is -0.606. The van der Waals surface area contributed by atoms with Crippen molar-refractivity contribution < 1.29 is 9.59 Å². The predicted octanol–water partition coefficient (Wildman–Crippen LogP) is 1.86. The Morgan fingerprint density at radius 1 is 0.611 bits per heavy atom. The van der Waals surface area contributed by atoms with Crippen molar-refractivity contribution in [2.45, 2.75) is 64.2 Å². The topological polar surface area (TPSA) is 86.2 Å². The second-order valence-electron chi connectivity index (χ2n) is 6.01. The molecule has 0 saturated heterocycles. The molecular weight excluding hydrogens is 228 g/mol. The van der Waals surface area contributed by atoms with Gasteiger partial charge in [0.05, 0.1) is 10.8 Å².